The molecule has 0 spiro atoms. The second-order valence-corrected chi connectivity index (χ2v) is 10.7. The van der Waals surface area contributed by atoms with Gasteiger partial charge in [0.05, 0.1) is 6.54 Å². The van der Waals surface area contributed by atoms with Crippen molar-refractivity contribution in [2.24, 2.45) is 0 Å². The van der Waals surface area contributed by atoms with Gasteiger partial charge in [0.1, 0.15) is 11.9 Å². The number of tetrazole rings is 1. The Balaban J connectivity index is 1.36. The highest BCUT2D eigenvalue weighted by Gasteiger charge is 2.34. The van der Waals surface area contributed by atoms with Gasteiger partial charge >= 0.3 is 0 Å². The molecule has 0 bridgehead atoms. The van der Waals surface area contributed by atoms with Gasteiger partial charge in [0.25, 0.3) is 5.56 Å². The molecular weight excluding hydrogens is 481 g/mol. The molecule has 2 aromatic carbocycles. The van der Waals surface area contributed by atoms with Crippen LogP contribution in [0, 0.1) is 12.7 Å². The minimum atomic E-state index is -0.396. The van der Waals surface area contributed by atoms with Gasteiger partial charge in [0.15, 0.2) is 5.82 Å². The predicted octanol–water partition coefficient (Wildman–Crippen LogP) is 4.05. The number of aromatic nitrogens is 5. The van der Waals surface area contributed by atoms with E-state index in [0.717, 1.165) is 48.2 Å². The SMILES string of the molecule is Cc1ccc2[nH]c(=O)c([C@@H](c3nnnn3Cc3ccc(F)cc3)N3CCN(C4CCCCC4)CC3)cc2c1. The summed E-state index contributed by atoms with van der Waals surface area (Å²) in [5.74, 6) is 0.343. The molecule has 0 radical (unpaired) electrons. The first-order chi connectivity index (χ1) is 18.5. The van der Waals surface area contributed by atoms with E-state index in [1.807, 2.05) is 18.2 Å². The predicted molar refractivity (Wildman–Crippen MR) is 144 cm³/mol. The summed E-state index contributed by atoms with van der Waals surface area (Å²) in [6, 6.07) is 14.7. The van der Waals surface area contributed by atoms with E-state index < -0.39 is 6.04 Å². The monoisotopic (exact) mass is 515 g/mol. The Morgan fingerprint density at radius 2 is 1.76 bits per heavy atom. The number of hydrogen-bond acceptors (Lipinski definition) is 6. The lowest BCUT2D eigenvalue weighted by atomic mass is 9.93. The Labute approximate surface area is 221 Å². The third-order valence-corrected chi connectivity index (χ3v) is 8.18. The van der Waals surface area contributed by atoms with E-state index in [-0.39, 0.29) is 11.4 Å². The second kappa shape index (κ2) is 10.7. The third-order valence-electron chi connectivity index (χ3n) is 8.18. The van der Waals surface area contributed by atoms with Crippen LogP contribution in [0.1, 0.15) is 60.7 Å². The Morgan fingerprint density at radius 3 is 2.53 bits per heavy atom. The van der Waals surface area contributed by atoms with Crippen molar-refractivity contribution < 1.29 is 4.39 Å². The molecule has 2 aromatic heterocycles. The topological polar surface area (TPSA) is 82.9 Å². The van der Waals surface area contributed by atoms with Crippen molar-refractivity contribution in [1.29, 1.82) is 0 Å². The number of nitrogens with one attached hydrogen (secondary N) is 1. The summed E-state index contributed by atoms with van der Waals surface area (Å²) in [7, 11) is 0. The van der Waals surface area contributed by atoms with E-state index in [4.69, 9.17) is 0 Å². The lowest BCUT2D eigenvalue weighted by Gasteiger charge is -2.43. The summed E-state index contributed by atoms with van der Waals surface area (Å²) in [5.41, 5.74) is 3.36. The summed E-state index contributed by atoms with van der Waals surface area (Å²) in [5, 5.41) is 13.7. The molecular formula is C29H34FN7O. The van der Waals surface area contributed by atoms with Gasteiger partial charge in [-0.2, -0.15) is 0 Å². The fourth-order valence-electron chi connectivity index (χ4n) is 6.13. The molecule has 3 heterocycles. The van der Waals surface area contributed by atoms with Crippen molar-refractivity contribution in [1.82, 2.24) is 35.0 Å². The van der Waals surface area contributed by atoms with Gasteiger partial charge < -0.3 is 4.98 Å². The Bertz CT molecular complexity index is 1450. The summed E-state index contributed by atoms with van der Waals surface area (Å²) >= 11 is 0. The van der Waals surface area contributed by atoms with Crippen LogP contribution in [0.15, 0.2) is 53.3 Å². The summed E-state index contributed by atoms with van der Waals surface area (Å²) in [6.07, 6.45) is 6.54. The number of benzene rings is 2. The maximum absolute atomic E-state index is 13.5. The zero-order valence-corrected chi connectivity index (χ0v) is 21.8. The van der Waals surface area contributed by atoms with Crippen molar-refractivity contribution >= 4 is 10.9 Å². The molecule has 2 aliphatic rings. The first-order valence-electron chi connectivity index (χ1n) is 13.7. The lowest BCUT2D eigenvalue weighted by molar-refractivity contribution is 0.0618. The zero-order valence-electron chi connectivity index (χ0n) is 21.8. The van der Waals surface area contributed by atoms with Gasteiger partial charge in [0.2, 0.25) is 0 Å². The number of nitrogens with zero attached hydrogens (tertiary/aromatic N) is 6. The van der Waals surface area contributed by atoms with Crippen molar-refractivity contribution in [3.63, 3.8) is 0 Å². The number of aromatic amines is 1. The fourth-order valence-corrected chi connectivity index (χ4v) is 6.13. The van der Waals surface area contributed by atoms with Crippen LogP contribution >= 0.6 is 0 Å². The first kappa shape index (κ1) is 24.9. The summed E-state index contributed by atoms with van der Waals surface area (Å²) in [4.78, 5) is 21.6. The van der Waals surface area contributed by atoms with Gasteiger partial charge in [-0.1, -0.05) is 43.0 Å². The van der Waals surface area contributed by atoms with E-state index in [1.54, 1.807) is 16.8 Å². The van der Waals surface area contributed by atoms with Gasteiger partial charge in [-0.25, -0.2) is 9.07 Å². The molecule has 2 fully saturated rings. The molecule has 4 aromatic rings. The molecule has 38 heavy (non-hydrogen) atoms. The van der Waals surface area contributed by atoms with E-state index in [0.29, 0.717) is 24.0 Å². The van der Waals surface area contributed by atoms with Crippen LogP contribution in [-0.2, 0) is 6.54 Å². The van der Waals surface area contributed by atoms with Crippen LogP contribution in [0.5, 0.6) is 0 Å². The Hall–Kier alpha value is -3.43. The number of aryl methyl sites for hydroxylation is 1. The highest BCUT2D eigenvalue weighted by molar-refractivity contribution is 5.79. The van der Waals surface area contributed by atoms with Crippen LogP contribution in [0.4, 0.5) is 4.39 Å². The molecule has 1 saturated heterocycles. The highest BCUT2D eigenvalue weighted by Crippen LogP contribution is 2.30. The van der Waals surface area contributed by atoms with Gasteiger partial charge in [-0.3, -0.25) is 14.6 Å². The number of piperazine rings is 1. The second-order valence-electron chi connectivity index (χ2n) is 10.7. The van der Waals surface area contributed by atoms with E-state index in [1.165, 1.54) is 44.2 Å². The third kappa shape index (κ3) is 5.13. The van der Waals surface area contributed by atoms with E-state index in [9.17, 15) is 9.18 Å². The molecule has 0 unspecified atom stereocenters. The molecule has 1 N–H and O–H groups in total. The molecule has 8 nitrogen and oxygen atoms in total. The van der Waals surface area contributed by atoms with E-state index in [2.05, 4.69) is 43.3 Å². The lowest BCUT2D eigenvalue weighted by Crippen LogP contribution is -2.52. The normalized spacial score (nSPS) is 18.7. The van der Waals surface area contributed by atoms with Crippen molar-refractivity contribution in [3.05, 3.63) is 87.2 Å². The van der Waals surface area contributed by atoms with Crippen LogP contribution in [0.25, 0.3) is 10.9 Å². The number of hydrogen-bond donors (Lipinski definition) is 1. The van der Waals surface area contributed by atoms with Gasteiger partial charge in [-0.05, 0) is 71.5 Å². The first-order valence-corrected chi connectivity index (χ1v) is 13.7. The van der Waals surface area contributed by atoms with Crippen LogP contribution in [0.2, 0.25) is 0 Å². The molecule has 6 rings (SSSR count). The average Bonchev–Trinajstić information content (AvgIpc) is 3.39. The van der Waals surface area contributed by atoms with Crippen molar-refractivity contribution in [2.45, 2.75) is 57.7 Å². The summed E-state index contributed by atoms with van der Waals surface area (Å²) < 4.78 is 15.2. The van der Waals surface area contributed by atoms with Crippen molar-refractivity contribution in [3.8, 4) is 0 Å². The molecule has 1 atom stereocenters. The largest absolute Gasteiger partial charge is 0.322 e. The standard InChI is InChI=1S/C29H34FN7O/c1-20-7-12-26-22(17-20)18-25(29(38)31-26)27(36-15-13-35(14-16-36)24-5-3-2-4-6-24)28-32-33-34-37(28)19-21-8-10-23(30)11-9-21/h7-12,17-18,24,27H,2-6,13-16,19H2,1H3,(H,31,38)/t27-/m0/s1. The Kier molecular flexibility index (Phi) is 7.04. The zero-order chi connectivity index (χ0) is 26.1. The molecule has 9 heteroatoms. The maximum Gasteiger partial charge on any atom is 0.253 e. The number of rotatable bonds is 6. The number of pyridine rings is 1. The van der Waals surface area contributed by atoms with Crippen molar-refractivity contribution in [2.75, 3.05) is 26.2 Å². The molecule has 1 aliphatic heterocycles. The van der Waals surface area contributed by atoms with Crippen LogP contribution in [-0.4, -0.2) is 67.2 Å². The molecule has 1 aliphatic carbocycles. The van der Waals surface area contributed by atoms with Crippen LogP contribution < -0.4 is 5.56 Å². The van der Waals surface area contributed by atoms with E-state index >= 15 is 0 Å². The highest BCUT2D eigenvalue weighted by atomic mass is 19.1. The van der Waals surface area contributed by atoms with Gasteiger partial charge in [0, 0.05) is 43.3 Å². The quantitative estimate of drug-likeness (QED) is 0.417. The maximum atomic E-state index is 13.5. The molecule has 198 valence electrons. The Morgan fingerprint density at radius 1 is 1.00 bits per heavy atom. The minimum absolute atomic E-state index is 0.127. The number of fused-ring (bicyclic) bond motifs is 1. The average molecular weight is 516 g/mol. The number of H-pyrrole nitrogens is 1. The minimum Gasteiger partial charge on any atom is -0.322 e. The molecule has 0 amide bonds. The smallest absolute Gasteiger partial charge is 0.253 e. The summed E-state index contributed by atoms with van der Waals surface area (Å²) in [6.45, 7) is 6.03. The number of halogens is 1. The van der Waals surface area contributed by atoms with Crippen LogP contribution in [0.3, 0.4) is 0 Å². The van der Waals surface area contributed by atoms with Gasteiger partial charge in [-0.15, -0.1) is 5.10 Å². The molecule has 1 saturated carbocycles. The fraction of sp³-hybridized carbons (Fsp3) is 0.448.